The molecule has 1 unspecified atom stereocenters. The fourth-order valence-corrected chi connectivity index (χ4v) is 5.24. The lowest BCUT2D eigenvalue weighted by Crippen LogP contribution is -2.46. The number of hydrogen-bond donors (Lipinski definition) is 0. The summed E-state index contributed by atoms with van der Waals surface area (Å²) in [5.41, 5.74) is -1.51. The number of amides is 1. The Balaban J connectivity index is 1.77. The van der Waals surface area contributed by atoms with E-state index in [4.69, 9.17) is 16.3 Å². The Kier molecular flexibility index (Phi) is 7.72. The molecule has 0 bridgehead atoms. The number of fused-ring (bicyclic) bond motifs is 1. The van der Waals surface area contributed by atoms with Gasteiger partial charge in [-0.25, -0.2) is 19.3 Å². The number of ether oxygens (including phenoxy) is 1. The molecule has 2 atom stereocenters. The number of carbonyl (C=O) groups excluding carboxylic acids is 2. The summed E-state index contributed by atoms with van der Waals surface area (Å²) in [6, 6.07) is 2.31. The first-order chi connectivity index (χ1) is 18.3. The molecule has 0 spiro atoms. The SMILES string of the molecule is CCOC(=O)c1ncc(-n2c(S(C)=O)nc3c(c2=O)C[C@@H](C)N(C(=O)c2ccc(Cl)c(C(F)(F)F)c2)C3)n1C. The Bertz CT molecular complexity index is 1570. The second-order valence-electron chi connectivity index (χ2n) is 8.81. The van der Waals surface area contributed by atoms with Crippen LogP contribution in [0.2, 0.25) is 5.02 Å². The van der Waals surface area contributed by atoms with Gasteiger partial charge in [0.1, 0.15) is 5.82 Å². The molecule has 0 radical (unpaired) electrons. The summed E-state index contributed by atoms with van der Waals surface area (Å²) < 4.78 is 60.1. The zero-order chi connectivity index (χ0) is 28.8. The predicted molar refractivity (Wildman–Crippen MR) is 134 cm³/mol. The van der Waals surface area contributed by atoms with Crippen molar-refractivity contribution in [2.45, 2.75) is 44.2 Å². The standard InChI is InChI=1S/C24H23ClF3N5O5S/c1-5-38-22(36)19-29-10-18(31(19)3)33-21(35)14-8-12(2)32(11-17(14)30-23(33)39(4)37)20(34)13-6-7-16(25)15(9-13)24(26,27)28/h6-7,9-10,12H,5,8,11H2,1-4H3/t12-,39?/m1/s1. The van der Waals surface area contributed by atoms with Gasteiger partial charge < -0.3 is 14.2 Å². The molecule has 0 saturated carbocycles. The Morgan fingerprint density at radius 3 is 2.59 bits per heavy atom. The van der Waals surface area contributed by atoms with E-state index in [0.29, 0.717) is 6.07 Å². The summed E-state index contributed by atoms with van der Waals surface area (Å²) in [5.74, 6) is -1.35. The summed E-state index contributed by atoms with van der Waals surface area (Å²) >= 11 is 5.69. The van der Waals surface area contributed by atoms with Crippen molar-refractivity contribution in [2.75, 3.05) is 12.9 Å². The van der Waals surface area contributed by atoms with E-state index in [1.165, 1.54) is 35.0 Å². The van der Waals surface area contributed by atoms with Crippen LogP contribution in [-0.2, 0) is 41.7 Å². The first kappa shape index (κ1) is 28.5. The lowest BCUT2D eigenvalue weighted by Gasteiger charge is -2.34. The molecule has 2 aromatic heterocycles. The van der Waals surface area contributed by atoms with Gasteiger partial charge in [0.2, 0.25) is 11.0 Å². The van der Waals surface area contributed by atoms with Crippen LogP contribution in [0.1, 0.15) is 51.6 Å². The summed E-state index contributed by atoms with van der Waals surface area (Å²) in [6.45, 7) is 3.21. The molecule has 0 saturated heterocycles. The number of halogens is 4. The van der Waals surface area contributed by atoms with E-state index in [9.17, 15) is 31.8 Å². The molecular weight excluding hydrogens is 563 g/mol. The van der Waals surface area contributed by atoms with Gasteiger partial charge in [-0.15, -0.1) is 0 Å². The monoisotopic (exact) mass is 585 g/mol. The van der Waals surface area contributed by atoms with E-state index < -0.39 is 51.0 Å². The third-order valence-electron chi connectivity index (χ3n) is 6.27. The number of imidazole rings is 1. The van der Waals surface area contributed by atoms with Crippen LogP contribution in [0.25, 0.3) is 5.82 Å². The van der Waals surface area contributed by atoms with Crippen molar-refractivity contribution >= 4 is 34.3 Å². The third-order valence-corrected chi connectivity index (χ3v) is 7.39. The van der Waals surface area contributed by atoms with Crippen molar-refractivity contribution in [1.82, 2.24) is 24.0 Å². The Labute approximate surface area is 227 Å². The van der Waals surface area contributed by atoms with Gasteiger partial charge in [0.25, 0.3) is 11.5 Å². The van der Waals surface area contributed by atoms with Gasteiger partial charge in [0, 0.05) is 30.5 Å². The van der Waals surface area contributed by atoms with Crippen LogP contribution >= 0.6 is 11.6 Å². The molecule has 1 aliphatic rings. The molecule has 0 fully saturated rings. The van der Waals surface area contributed by atoms with Crippen molar-refractivity contribution < 1.29 is 31.7 Å². The van der Waals surface area contributed by atoms with Gasteiger partial charge in [-0.3, -0.25) is 13.8 Å². The largest absolute Gasteiger partial charge is 0.460 e. The van der Waals surface area contributed by atoms with Crippen LogP contribution < -0.4 is 5.56 Å². The van der Waals surface area contributed by atoms with E-state index in [0.717, 1.165) is 10.6 Å². The first-order valence-corrected chi connectivity index (χ1v) is 13.5. The van der Waals surface area contributed by atoms with Gasteiger partial charge in [0.05, 0.1) is 46.4 Å². The smallest absolute Gasteiger partial charge is 0.417 e. The maximum Gasteiger partial charge on any atom is 0.417 e. The van der Waals surface area contributed by atoms with Crippen LogP contribution in [0.4, 0.5) is 13.2 Å². The summed E-state index contributed by atoms with van der Waals surface area (Å²) in [7, 11) is -0.300. The van der Waals surface area contributed by atoms with E-state index in [1.807, 2.05) is 0 Å². The lowest BCUT2D eigenvalue weighted by molar-refractivity contribution is -0.137. The number of alkyl halides is 3. The van der Waals surface area contributed by atoms with Gasteiger partial charge in [-0.1, -0.05) is 11.6 Å². The van der Waals surface area contributed by atoms with Crippen LogP contribution in [-0.4, -0.2) is 59.0 Å². The number of benzene rings is 1. The molecular formula is C24H23ClF3N5O5S. The topological polar surface area (TPSA) is 116 Å². The number of esters is 1. The summed E-state index contributed by atoms with van der Waals surface area (Å²) in [5, 5.41) is -0.681. The predicted octanol–water partition coefficient (Wildman–Crippen LogP) is 3.14. The van der Waals surface area contributed by atoms with Crippen LogP contribution in [0.3, 0.4) is 0 Å². The van der Waals surface area contributed by atoms with Crippen LogP contribution in [0.5, 0.6) is 0 Å². The van der Waals surface area contributed by atoms with Gasteiger partial charge in [0.15, 0.2) is 0 Å². The Morgan fingerprint density at radius 2 is 1.97 bits per heavy atom. The minimum Gasteiger partial charge on any atom is -0.460 e. The van der Waals surface area contributed by atoms with E-state index in [-0.39, 0.29) is 53.2 Å². The fraction of sp³-hybridized carbons (Fsp3) is 0.375. The highest BCUT2D eigenvalue weighted by Crippen LogP contribution is 2.35. The van der Waals surface area contributed by atoms with Crippen molar-refractivity contribution in [2.24, 2.45) is 7.05 Å². The molecule has 10 nitrogen and oxygen atoms in total. The van der Waals surface area contributed by atoms with Crippen molar-refractivity contribution in [3.8, 4) is 5.82 Å². The average Bonchev–Trinajstić information content (AvgIpc) is 3.24. The third kappa shape index (κ3) is 5.22. The number of aromatic nitrogens is 4. The molecule has 1 aromatic carbocycles. The number of hydrogen-bond acceptors (Lipinski definition) is 7. The highest BCUT2D eigenvalue weighted by Gasteiger charge is 2.36. The second kappa shape index (κ2) is 10.6. The molecule has 0 N–H and O–H groups in total. The summed E-state index contributed by atoms with van der Waals surface area (Å²) in [6.07, 6.45) is -2.14. The minimum absolute atomic E-state index is 0.0336. The van der Waals surface area contributed by atoms with Crippen molar-refractivity contribution in [1.29, 1.82) is 0 Å². The van der Waals surface area contributed by atoms with Gasteiger partial charge >= 0.3 is 12.1 Å². The zero-order valence-electron chi connectivity index (χ0n) is 21.2. The van der Waals surface area contributed by atoms with Crippen LogP contribution in [0.15, 0.2) is 34.3 Å². The molecule has 4 rings (SSSR count). The molecule has 1 amide bonds. The lowest BCUT2D eigenvalue weighted by atomic mass is 9.98. The number of nitrogens with zero attached hydrogens (tertiary/aromatic N) is 5. The van der Waals surface area contributed by atoms with Crippen molar-refractivity contribution in [3.63, 3.8) is 0 Å². The van der Waals surface area contributed by atoms with E-state index >= 15 is 0 Å². The average molecular weight is 586 g/mol. The molecule has 3 heterocycles. The van der Waals surface area contributed by atoms with E-state index in [2.05, 4.69) is 9.97 Å². The first-order valence-electron chi connectivity index (χ1n) is 11.6. The second-order valence-corrected chi connectivity index (χ2v) is 10.5. The highest BCUT2D eigenvalue weighted by atomic mass is 35.5. The van der Waals surface area contributed by atoms with Gasteiger partial charge in [-0.2, -0.15) is 13.2 Å². The maximum atomic E-state index is 13.7. The zero-order valence-corrected chi connectivity index (χ0v) is 22.8. The summed E-state index contributed by atoms with van der Waals surface area (Å²) in [4.78, 5) is 48.9. The normalized spacial score (nSPS) is 16.1. The number of rotatable bonds is 5. The number of carbonyl (C=O) groups is 2. The molecule has 1 aliphatic heterocycles. The Hall–Kier alpha value is -3.52. The molecule has 15 heteroatoms. The van der Waals surface area contributed by atoms with Crippen LogP contribution in [0, 0.1) is 0 Å². The highest BCUT2D eigenvalue weighted by molar-refractivity contribution is 7.84. The maximum absolute atomic E-state index is 13.7. The fourth-order valence-electron chi connectivity index (χ4n) is 4.34. The molecule has 0 aliphatic carbocycles. The van der Waals surface area contributed by atoms with Gasteiger partial charge in [-0.05, 0) is 38.5 Å². The quantitative estimate of drug-likeness (QED) is 0.334. The minimum atomic E-state index is -4.75. The molecule has 208 valence electrons. The Morgan fingerprint density at radius 1 is 1.28 bits per heavy atom. The van der Waals surface area contributed by atoms with Crippen molar-refractivity contribution in [3.05, 3.63) is 68.0 Å². The van der Waals surface area contributed by atoms with E-state index in [1.54, 1.807) is 13.8 Å². The molecule has 39 heavy (non-hydrogen) atoms. The molecule has 3 aromatic rings.